The number of carbonyl (C=O) groups excluding carboxylic acids is 3. The Balaban J connectivity index is 1.90. The summed E-state index contributed by atoms with van der Waals surface area (Å²) in [7, 11) is 2.51. The van der Waals surface area contributed by atoms with Crippen LogP contribution in [0.2, 0.25) is 0 Å². The Kier molecular flexibility index (Phi) is 6.13. The van der Waals surface area contributed by atoms with E-state index in [-0.39, 0.29) is 17.2 Å². The van der Waals surface area contributed by atoms with Gasteiger partial charge >= 0.3 is 11.9 Å². The molecular formula is C26H24N2O5. The molecule has 0 aromatic heterocycles. The Hall–Kier alpha value is -4.13. The number of ether oxygens (including phenoxy) is 2. The van der Waals surface area contributed by atoms with Gasteiger partial charge in [0.25, 0.3) is 0 Å². The standard InChI is InChI=1S/C26H24N2O5/c1-17(29)28-22-10-5-4-8-18(22)11-12-19-13-14-20(16-23(19)28)27-15-7-6-9-21(25(30)32-2)24(27)26(31)33-3/h4-10,13-16H,11-12H2,1-3H3. The van der Waals surface area contributed by atoms with Crippen LogP contribution in [0, 0.1) is 0 Å². The summed E-state index contributed by atoms with van der Waals surface area (Å²) in [4.78, 5) is 41.2. The Morgan fingerprint density at radius 3 is 2.24 bits per heavy atom. The Labute approximate surface area is 192 Å². The minimum absolute atomic E-state index is 0.0256. The Bertz CT molecular complexity index is 1220. The fraction of sp³-hybridized carbons (Fsp3) is 0.192. The van der Waals surface area contributed by atoms with Crippen molar-refractivity contribution in [3.63, 3.8) is 0 Å². The molecule has 0 unspecified atom stereocenters. The molecule has 0 radical (unpaired) electrons. The van der Waals surface area contributed by atoms with Gasteiger partial charge in [0.1, 0.15) is 5.70 Å². The zero-order chi connectivity index (χ0) is 23.5. The normalized spacial score (nSPS) is 14.8. The SMILES string of the molecule is COC(=O)C1=C(C(=O)OC)N(c2ccc3c(c2)N(C(C)=O)c2ccccc2CC3)C=CC=C1. The van der Waals surface area contributed by atoms with Crippen LogP contribution in [0.3, 0.4) is 0 Å². The summed E-state index contributed by atoms with van der Waals surface area (Å²) >= 11 is 0. The van der Waals surface area contributed by atoms with Gasteiger partial charge in [-0.1, -0.05) is 30.3 Å². The summed E-state index contributed by atoms with van der Waals surface area (Å²) < 4.78 is 9.87. The van der Waals surface area contributed by atoms with Crippen LogP contribution < -0.4 is 9.80 Å². The number of methoxy groups -OCH3 is 2. The number of fused-ring (bicyclic) bond motifs is 2. The van der Waals surface area contributed by atoms with Crippen molar-refractivity contribution in [2.75, 3.05) is 24.0 Å². The lowest BCUT2D eigenvalue weighted by Gasteiger charge is -2.27. The number of nitrogens with zero attached hydrogens (tertiary/aromatic N) is 2. The number of aryl methyl sites for hydroxylation is 2. The average molecular weight is 444 g/mol. The van der Waals surface area contributed by atoms with Gasteiger partial charge < -0.3 is 14.4 Å². The Morgan fingerprint density at radius 2 is 1.55 bits per heavy atom. The van der Waals surface area contributed by atoms with Crippen molar-refractivity contribution >= 4 is 34.9 Å². The van der Waals surface area contributed by atoms with E-state index in [9.17, 15) is 14.4 Å². The van der Waals surface area contributed by atoms with Crippen molar-refractivity contribution in [3.8, 4) is 0 Å². The molecule has 0 spiro atoms. The van der Waals surface area contributed by atoms with Crippen LogP contribution >= 0.6 is 0 Å². The average Bonchev–Trinajstić information content (AvgIpc) is 3.15. The maximum absolute atomic E-state index is 12.8. The predicted molar refractivity (Wildman–Crippen MR) is 125 cm³/mol. The van der Waals surface area contributed by atoms with Crippen molar-refractivity contribution in [2.24, 2.45) is 0 Å². The third-order valence-corrected chi connectivity index (χ3v) is 5.69. The number of allylic oxidation sites excluding steroid dienone is 2. The molecular weight excluding hydrogens is 420 g/mol. The molecule has 2 aliphatic heterocycles. The van der Waals surface area contributed by atoms with Crippen LogP contribution in [0.1, 0.15) is 18.1 Å². The summed E-state index contributed by atoms with van der Waals surface area (Å²) in [6, 6.07) is 13.5. The molecule has 4 rings (SSSR count). The van der Waals surface area contributed by atoms with Crippen molar-refractivity contribution < 1.29 is 23.9 Å². The highest BCUT2D eigenvalue weighted by atomic mass is 16.5. The number of amides is 1. The van der Waals surface area contributed by atoms with Gasteiger partial charge in [-0.05, 0) is 54.3 Å². The van der Waals surface area contributed by atoms with E-state index in [1.807, 2.05) is 42.5 Å². The van der Waals surface area contributed by atoms with Gasteiger partial charge in [0.2, 0.25) is 5.91 Å². The maximum atomic E-state index is 12.8. The lowest BCUT2D eigenvalue weighted by Crippen LogP contribution is -2.28. The maximum Gasteiger partial charge on any atom is 0.355 e. The van der Waals surface area contributed by atoms with Crippen molar-refractivity contribution in [2.45, 2.75) is 19.8 Å². The third kappa shape index (κ3) is 4.05. The van der Waals surface area contributed by atoms with Gasteiger partial charge in [-0.25, -0.2) is 9.59 Å². The van der Waals surface area contributed by atoms with Crippen LogP contribution in [-0.2, 0) is 36.7 Å². The van der Waals surface area contributed by atoms with E-state index in [2.05, 4.69) is 0 Å². The smallest absolute Gasteiger partial charge is 0.355 e. The van der Waals surface area contributed by atoms with Gasteiger partial charge in [-0.15, -0.1) is 0 Å². The van der Waals surface area contributed by atoms with E-state index >= 15 is 0 Å². The number of benzene rings is 2. The number of anilines is 3. The lowest BCUT2D eigenvalue weighted by atomic mass is 10.0. The molecule has 2 heterocycles. The largest absolute Gasteiger partial charge is 0.465 e. The fourth-order valence-corrected chi connectivity index (χ4v) is 4.17. The van der Waals surface area contributed by atoms with E-state index in [1.165, 1.54) is 27.2 Å². The molecule has 0 N–H and O–H groups in total. The summed E-state index contributed by atoms with van der Waals surface area (Å²) in [5.74, 6) is -1.46. The minimum atomic E-state index is -0.685. The molecule has 0 saturated heterocycles. The number of carbonyl (C=O) groups is 3. The highest BCUT2D eigenvalue weighted by Crippen LogP contribution is 2.39. The molecule has 0 bridgehead atoms. The minimum Gasteiger partial charge on any atom is -0.465 e. The molecule has 0 atom stereocenters. The molecule has 33 heavy (non-hydrogen) atoms. The van der Waals surface area contributed by atoms with Gasteiger partial charge in [0.05, 0.1) is 31.2 Å². The van der Waals surface area contributed by atoms with Crippen LogP contribution in [0.15, 0.2) is 78.2 Å². The van der Waals surface area contributed by atoms with Gasteiger partial charge in [0.15, 0.2) is 0 Å². The molecule has 0 saturated carbocycles. The summed E-state index contributed by atoms with van der Waals surface area (Å²) in [6.45, 7) is 1.53. The summed E-state index contributed by atoms with van der Waals surface area (Å²) in [5, 5.41) is 0. The van der Waals surface area contributed by atoms with Crippen LogP contribution in [0.5, 0.6) is 0 Å². The Morgan fingerprint density at radius 1 is 0.848 bits per heavy atom. The first-order valence-corrected chi connectivity index (χ1v) is 10.5. The second-order valence-electron chi connectivity index (χ2n) is 7.61. The van der Waals surface area contributed by atoms with Gasteiger partial charge in [-0.2, -0.15) is 0 Å². The molecule has 7 nitrogen and oxygen atoms in total. The number of para-hydroxylation sites is 1. The molecule has 2 aliphatic rings. The second-order valence-corrected chi connectivity index (χ2v) is 7.61. The van der Waals surface area contributed by atoms with Crippen molar-refractivity contribution in [3.05, 3.63) is 89.3 Å². The molecule has 1 amide bonds. The highest BCUT2D eigenvalue weighted by Gasteiger charge is 2.29. The van der Waals surface area contributed by atoms with Crippen molar-refractivity contribution in [1.82, 2.24) is 0 Å². The first-order valence-electron chi connectivity index (χ1n) is 10.5. The van der Waals surface area contributed by atoms with Crippen LogP contribution in [0.4, 0.5) is 17.1 Å². The molecule has 0 aliphatic carbocycles. The first kappa shape index (κ1) is 22.1. The molecule has 0 fully saturated rings. The van der Waals surface area contributed by atoms with Crippen LogP contribution in [-0.4, -0.2) is 32.1 Å². The van der Waals surface area contributed by atoms with Gasteiger partial charge in [-0.3, -0.25) is 9.69 Å². The van der Waals surface area contributed by atoms with Crippen molar-refractivity contribution in [1.29, 1.82) is 0 Å². The topological polar surface area (TPSA) is 76.2 Å². The highest BCUT2D eigenvalue weighted by molar-refractivity contribution is 6.06. The summed E-state index contributed by atoms with van der Waals surface area (Å²) in [6.07, 6.45) is 8.11. The van der Waals surface area contributed by atoms with Gasteiger partial charge in [0, 0.05) is 18.8 Å². The monoisotopic (exact) mass is 444 g/mol. The number of hydrogen-bond acceptors (Lipinski definition) is 6. The second kappa shape index (κ2) is 9.16. The van der Waals surface area contributed by atoms with E-state index in [0.29, 0.717) is 5.69 Å². The van der Waals surface area contributed by atoms with E-state index in [4.69, 9.17) is 9.47 Å². The first-order chi connectivity index (χ1) is 16.0. The zero-order valence-electron chi connectivity index (χ0n) is 18.7. The summed E-state index contributed by atoms with van der Waals surface area (Å²) in [5.41, 5.74) is 4.37. The number of esters is 2. The fourth-order valence-electron chi connectivity index (χ4n) is 4.17. The predicted octanol–water partition coefficient (Wildman–Crippen LogP) is 3.96. The quantitative estimate of drug-likeness (QED) is 0.667. The third-order valence-electron chi connectivity index (χ3n) is 5.69. The number of hydrogen-bond donors (Lipinski definition) is 0. The lowest BCUT2D eigenvalue weighted by molar-refractivity contribution is -0.139. The molecule has 7 heteroatoms. The van der Waals surface area contributed by atoms with E-state index < -0.39 is 11.9 Å². The van der Waals surface area contributed by atoms with E-state index in [1.54, 1.807) is 28.2 Å². The van der Waals surface area contributed by atoms with Crippen LogP contribution in [0.25, 0.3) is 0 Å². The molecule has 2 aromatic rings. The number of rotatable bonds is 3. The van der Waals surface area contributed by atoms with E-state index in [0.717, 1.165) is 35.3 Å². The zero-order valence-corrected chi connectivity index (χ0v) is 18.7. The molecule has 168 valence electrons. The molecule has 2 aromatic carbocycles.